The average molecular weight is 263 g/mol. The summed E-state index contributed by atoms with van der Waals surface area (Å²) in [7, 11) is -1.12. The molecular weight excluding hydrogens is 238 g/mol. The van der Waals surface area contributed by atoms with Crippen LogP contribution in [0.3, 0.4) is 0 Å². The number of piperazine rings is 1. The largest absolute Gasteiger partial charge is 0.313 e. The molecule has 17 heavy (non-hydrogen) atoms. The number of nitrogens with zero attached hydrogens (tertiary/aromatic N) is 2. The summed E-state index contributed by atoms with van der Waals surface area (Å²) in [6.07, 6.45) is 0. The molecule has 1 rings (SSSR count). The van der Waals surface area contributed by atoms with Gasteiger partial charge >= 0.3 is 0 Å². The quantitative estimate of drug-likeness (QED) is 0.756. The summed E-state index contributed by atoms with van der Waals surface area (Å²) >= 11 is 0. The molecule has 1 N–H and O–H groups in total. The first-order valence-corrected chi connectivity index (χ1v) is 7.75. The highest BCUT2D eigenvalue weighted by Gasteiger charge is 2.30. The molecular formula is C11H25N3O2S. The van der Waals surface area contributed by atoms with Gasteiger partial charge in [-0.05, 0) is 14.0 Å². The van der Waals surface area contributed by atoms with Crippen molar-refractivity contribution in [3.05, 3.63) is 0 Å². The summed E-state index contributed by atoms with van der Waals surface area (Å²) < 4.78 is 26.2. The van der Waals surface area contributed by atoms with Crippen LogP contribution in [0.2, 0.25) is 0 Å². The van der Waals surface area contributed by atoms with Gasteiger partial charge in [0.25, 0.3) is 0 Å². The Balaban J connectivity index is 2.55. The van der Waals surface area contributed by atoms with Crippen molar-refractivity contribution in [1.29, 1.82) is 0 Å². The number of nitrogens with one attached hydrogen (secondary N) is 1. The summed E-state index contributed by atoms with van der Waals surface area (Å²) in [5.41, 5.74) is 0. The monoisotopic (exact) mass is 263 g/mol. The van der Waals surface area contributed by atoms with E-state index >= 15 is 0 Å². The van der Waals surface area contributed by atoms with Crippen LogP contribution in [0.4, 0.5) is 0 Å². The highest BCUT2D eigenvalue weighted by molar-refractivity contribution is 7.89. The Bertz CT molecular complexity index is 322. The zero-order chi connectivity index (χ0) is 13.1. The van der Waals surface area contributed by atoms with Gasteiger partial charge in [0.05, 0.1) is 5.25 Å². The minimum atomic E-state index is -3.14. The lowest BCUT2D eigenvalue weighted by Gasteiger charge is -2.33. The second-order valence-electron chi connectivity index (χ2n) is 5.12. The van der Waals surface area contributed by atoms with Crippen molar-refractivity contribution in [3.63, 3.8) is 0 Å². The Morgan fingerprint density at radius 2 is 1.65 bits per heavy atom. The third-order valence-electron chi connectivity index (χ3n) is 3.14. The van der Waals surface area contributed by atoms with Gasteiger partial charge in [0.1, 0.15) is 0 Å². The van der Waals surface area contributed by atoms with Gasteiger partial charge in [-0.3, -0.25) is 0 Å². The summed E-state index contributed by atoms with van der Waals surface area (Å²) in [6, 6.07) is 0.320. The number of hydrogen-bond donors (Lipinski definition) is 1. The molecule has 0 aromatic heterocycles. The maximum absolute atomic E-state index is 12.3. The van der Waals surface area contributed by atoms with Crippen molar-refractivity contribution in [2.75, 3.05) is 39.8 Å². The molecule has 1 aliphatic heterocycles. The Morgan fingerprint density at radius 1 is 1.12 bits per heavy atom. The van der Waals surface area contributed by atoms with E-state index in [-0.39, 0.29) is 5.25 Å². The van der Waals surface area contributed by atoms with Crippen LogP contribution in [0.25, 0.3) is 0 Å². The second-order valence-corrected chi connectivity index (χ2v) is 7.47. The summed E-state index contributed by atoms with van der Waals surface area (Å²) in [5.74, 6) is 0. The molecule has 1 saturated heterocycles. The Kier molecular flexibility index (Phi) is 5.37. The molecule has 102 valence electrons. The topological polar surface area (TPSA) is 52.7 Å². The number of likely N-dealkylation sites (N-methyl/N-ethyl adjacent to an activating group) is 1. The zero-order valence-electron chi connectivity index (χ0n) is 11.3. The van der Waals surface area contributed by atoms with Gasteiger partial charge < -0.3 is 10.2 Å². The third-order valence-corrected chi connectivity index (χ3v) is 5.41. The first kappa shape index (κ1) is 14.9. The van der Waals surface area contributed by atoms with Crippen LogP contribution >= 0.6 is 0 Å². The Hall–Kier alpha value is -0.170. The van der Waals surface area contributed by atoms with Crippen LogP contribution in [0.15, 0.2) is 0 Å². The minimum Gasteiger partial charge on any atom is -0.313 e. The number of hydrogen-bond acceptors (Lipinski definition) is 4. The number of rotatable bonds is 5. The molecule has 0 amide bonds. The molecule has 1 unspecified atom stereocenters. The molecule has 1 atom stereocenters. The lowest BCUT2D eigenvalue weighted by atomic mass is 10.3. The first-order chi connectivity index (χ1) is 7.84. The lowest BCUT2D eigenvalue weighted by molar-refractivity contribution is 0.221. The maximum Gasteiger partial charge on any atom is 0.218 e. The first-order valence-electron chi connectivity index (χ1n) is 6.25. The van der Waals surface area contributed by atoms with E-state index in [2.05, 4.69) is 10.2 Å². The van der Waals surface area contributed by atoms with Crippen LogP contribution in [0, 0.1) is 0 Å². The van der Waals surface area contributed by atoms with E-state index in [1.165, 1.54) is 0 Å². The highest BCUT2D eigenvalue weighted by atomic mass is 32.2. The van der Waals surface area contributed by atoms with E-state index in [9.17, 15) is 8.42 Å². The van der Waals surface area contributed by atoms with Crippen LogP contribution in [-0.4, -0.2) is 68.7 Å². The fraction of sp³-hybridized carbons (Fsp3) is 1.00. The van der Waals surface area contributed by atoms with Crippen LogP contribution in [0.1, 0.15) is 20.8 Å². The van der Waals surface area contributed by atoms with E-state index in [1.807, 2.05) is 20.9 Å². The van der Waals surface area contributed by atoms with E-state index < -0.39 is 10.0 Å². The van der Waals surface area contributed by atoms with E-state index in [0.29, 0.717) is 25.7 Å². The SMILES string of the molecule is CC(C)NCC(C)S(=O)(=O)N1CCN(C)CC1. The summed E-state index contributed by atoms with van der Waals surface area (Å²) in [6.45, 7) is 9.22. The van der Waals surface area contributed by atoms with Crippen molar-refractivity contribution in [3.8, 4) is 0 Å². The smallest absolute Gasteiger partial charge is 0.218 e. The minimum absolute atomic E-state index is 0.320. The zero-order valence-corrected chi connectivity index (χ0v) is 12.1. The van der Waals surface area contributed by atoms with Crippen molar-refractivity contribution >= 4 is 10.0 Å². The molecule has 1 fully saturated rings. The average Bonchev–Trinajstić information content (AvgIpc) is 2.26. The van der Waals surface area contributed by atoms with Crippen LogP contribution < -0.4 is 5.32 Å². The predicted octanol–water partition coefficient (Wildman–Crippen LogP) is -0.0499. The van der Waals surface area contributed by atoms with Gasteiger partial charge in [-0.1, -0.05) is 13.8 Å². The molecule has 0 aliphatic carbocycles. The second kappa shape index (κ2) is 6.13. The highest BCUT2D eigenvalue weighted by Crippen LogP contribution is 2.11. The van der Waals surface area contributed by atoms with Gasteiger partial charge in [0, 0.05) is 38.8 Å². The fourth-order valence-electron chi connectivity index (χ4n) is 1.80. The summed E-state index contributed by atoms with van der Waals surface area (Å²) in [4.78, 5) is 2.16. The summed E-state index contributed by atoms with van der Waals surface area (Å²) in [5, 5.41) is 2.83. The molecule has 1 aliphatic rings. The third kappa shape index (κ3) is 4.21. The molecule has 0 aromatic rings. The standard InChI is InChI=1S/C11H25N3O2S/c1-10(2)12-9-11(3)17(15,16)14-7-5-13(4)6-8-14/h10-12H,5-9H2,1-4H3. The van der Waals surface area contributed by atoms with Gasteiger partial charge in [-0.2, -0.15) is 4.31 Å². The van der Waals surface area contributed by atoms with Gasteiger partial charge in [-0.25, -0.2) is 8.42 Å². The molecule has 6 heteroatoms. The van der Waals surface area contributed by atoms with Crippen molar-refractivity contribution in [1.82, 2.24) is 14.5 Å². The van der Waals surface area contributed by atoms with Crippen LogP contribution in [0.5, 0.6) is 0 Å². The molecule has 0 bridgehead atoms. The Morgan fingerprint density at radius 3 is 2.12 bits per heavy atom. The predicted molar refractivity (Wildman–Crippen MR) is 70.6 cm³/mol. The van der Waals surface area contributed by atoms with E-state index in [1.54, 1.807) is 11.2 Å². The molecule has 0 spiro atoms. The van der Waals surface area contributed by atoms with Gasteiger partial charge in [-0.15, -0.1) is 0 Å². The maximum atomic E-state index is 12.3. The lowest BCUT2D eigenvalue weighted by Crippen LogP contribution is -2.51. The van der Waals surface area contributed by atoms with E-state index in [0.717, 1.165) is 13.1 Å². The van der Waals surface area contributed by atoms with Crippen molar-refractivity contribution < 1.29 is 8.42 Å². The fourth-order valence-corrected chi connectivity index (χ4v) is 3.29. The van der Waals surface area contributed by atoms with E-state index in [4.69, 9.17) is 0 Å². The van der Waals surface area contributed by atoms with Crippen molar-refractivity contribution in [2.24, 2.45) is 0 Å². The molecule has 0 radical (unpaired) electrons. The van der Waals surface area contributed by atoms with Crippen LogP contribution in [-0.2, 0) is 10.0 Å². The van der Waals surface area contributed by atoms with Gasteiger partial charge in [0.2, 0.25) is 10.0 Å². The van der Waals surface area contributed by atoms with Crippen molar-refractivity contribution in [2.45, 2.75) is 32.1 Å². The molecule has 0 saturated carbocycles. The number of sulfonamides is 1. The molecule has 0 aromatic carbocycles. The Labute approximate surface area is 105 Å². The molecule has 1 heterocycles. The normalized spacial score (nSPS) is 21.9. The molecule has 5 nitrogen and oxygen atoms in total. The van der Waals surface area contributed by atoms with Gasteiger partial charge in [0.15, 0.2) is 0 Å².